The zero-order valence-electron chi connectivity index (χ0n) is 22.1. The third-order valence-electron chi connectivity index (χ3n) is 5.81. The predicted molar refractivity (Wildman–Crippen MR) is 155 cm³/mol. The maximum atomic E-state index is 12.6. The van der Waals surface area contributed by atoms with E-state index in [9.17, 15) is 34.9 Å². The lowest BCUT2D eigenvalue weighted by Crippen LogP contribution is -2.15. The normalized spacial score (nSPS) is 12.9. The largest absolute Gasteiger partial charge is 0.505 e. The first kappa shape index (κ1) is 31.6. The highest BCUT2D eigenvalue weighted by molar-refractivity contribution is 7.91. The lowest BCUT2D eigenvalue weighted by Gasteiger charge is -2.12. The number of phenols is 1. The van der Waals surface area contributed by atoms with Crippen molar-refractivity contribution in [1.29, 1.82) is 0 Å². The fourth-order valence-corrected chi connectivity index (χ4v) is 6.05. The average Bonchev–Trinajstić information content (AvgIpc) is 2.90. The van der Waals surface area contributed by atoms with E-state index in [1.54, 1.807) is 18.2 Å². The van der Waals surface area contributed by atoms with Gasteiger partial charge in [0.05, 0.1) is 39.7 Å². The van der Waals surface area contributed by atoms with E-state index in [1.807, 2.05) is 13.0 Å². The standard InChI is InChI=1S/C25H23N5O10S3/c1-15-4-2-5-17(12-15)27-29-20-9-8-16-13-21(42(34,35)36)24(23(26)22(16)25(20)31)30-28-18-6-3-7-19(14-18)41(32,33)11-10-40-43(37,38)39/h2-9,12-14,31H,10-11,26H2,1H3,(H,34,35,36)(H,37,38,39). The van der Waals surface area contributed by atoms with Gasteiger partial charge in [0, 0.05) is 0 Å². The fraction of sp³-hybridized carbons (Fsp3) is 0.120. The highest BCUT2D eigenvalue weighted by atomic mass is 32.3. The van der Waals surface area contributed by atoms with Crippen LogP contribution < -0.4 is 5.73 Å². The van der Waals surface area contributed by atoms with Gasteiger partial charge in [-0.1, -0.05) is 24.3 Å². The van der Waals surface area contributed by atoms with Crippen LogP contribution in [0.2, 0.25) is 0 Å². The summed E-state index contributed by atoms with van der Waals surface area (Å²) in [4.78, 5) is -1.05. The summed E-state index contributed by atoms with van der Waals surface area (Å²) in [5.41, 5.74) is 6.65. The molecule has 5 N–H and O–H groups in total. The summed E-state index contributed by atoms with van der Waals surface area (Å²) in [5, 5.41) is 26.9. The molecule has 4 aromatic rings. The Morgan fingerprint density at radius 2 is 1.47 bits per heavy atom. The molecule has 0 aliphatic carbocycles. The van der Waals surface area contributed by atoms with Crippen LogP contribution in [0.5, 0.6) is 5.75 Å². The third-order valence-corrected chi connectivity index (χ3v) is 8.82. The van der Waals surface area contributed by atoms with Gasteiger partial charge in [-0.3, -0.25) is 9.11 Å². The van der Waals surface area contributed by atoms with Crippen LogP contribution in [0.25, 0.3) is 10.8 Å². The second kappa shape index (κ2) is 12.1. The molecule has 226 valence electrons. The van der Waals surface area contributed by atoms with Crippen molar-refractivity contribution < 1.29 is 43.6 Å². The molecule has 0 aliphatic rings. The van der Waals surface area contributed by atoms with Crippen LogP contribution >= 0.6 is 0 Å². The van der Waals surface area contributed by atoms with E-state index >= 15 is 0 Å². The fourth-order valence-electron chi connectivity index (χ4n) is 3.86. The molecule has 18 heteroatoms. The summed E-state index contributed by atoms with van der Waals surface area (Å²) in [7, 11) is -13.9. The number of rotatable bonds is 10. The molecule has 43 heavy (non-hydrogen) atoms. The van der Waals surface area contributed by atoms with E-state index in [2.05, 4.69) is 24.6 Å². The number of anilines is 1. The number of hydrogen-bond donors (Lipinski definition) is 4. The zero-order valence-corrected chi connectivity index (χ0v) is 24.5. The molecule has 0 heterocycles. The van der Waals surface area contributed by atoms with Gasteiger partial charge in [0.1, 0.15) is 16.3 Å². The van der Waals surface area contributed by atoms with Crippen LogP contribution in [0.4, 0.5) is 28.4 Å². The minimum absolute atomic E-state index is 0.000846. The van der Waals surface area contributed by atoms with Gasteiger partial charge in [-0.2, -0.15) is 27.1 Å². The van der Waals surface area contributed by atoms with E-state index in [-0.39, 0.29) is 32.7 Å². The van der Waals surface area contributed by atoms with Gasteiger partial charge in [0.25, 0.3) is 10.1 Å². The summed E-state index contributed by atoms with van der Waals surface area (Å²) in [6, 6.07) is 15.8. The molecule has 0 spiro atoms. The number of hydrogen-bond acceptors (Lipinski definition) is 13. The van der Waals surface area contributed by atoms with Crippen LogP contribution in [-0.4, -0.2) is 51.8 Å². The molecular weight excluding hydrogens is 627 g/mol. The number of phenolic OH excluding ortho intramolecular Hbond substituents is 1. The van der Waals surface area contributed by atoms with Crippen LogP contribution in [0.1, 0.15) is 5.56 Å². The first-order valence-corrected chi connectivity index (χ1v) is 16.4. The zero-order chi connectivity index (χ0) is 31.6. The molecule has 0 aliphatic heterocycles. The van der Waals surface area contributed by atoms with Crippen molar-refractivity contribution in [3.63, 3.8) is 0 Å². The van der Waals surface area contributed by atoms with Gasteiger partial charge in [0.2, 0.25) is 0 Å². The molecule has 0 saturated carbocycles. The minimum atomic E-state index is -4.92. The van der Waals surface area contributed by atoms with Gasteiger partial charge < -0.3 is 10.8 Å². The molecular formula is C25H23N5O10S3. The molecule has 0 bridgehead atoms. The van der Waals surface area contributed by atoms with Crippen molar-refractivity contribution in [2.24, 2.45) is 20.5 Å². The number of nitrogens with zero attached hydrogens (tertiary/aromatic N) is 4. The van der Waals surface area contributed by atoms with E-state index in [1.165, 1.54) is 30.3 Å². The summed E-state index contributed by atoms with van der Waals surface area (Å²) in [5.74, 6) is -1.26. The quantitative estimate of drug-likeness (QED) is 0.0998. The number of aromatic hydroxyl groups is 1. The van der Waals surface area contributed by atoms with Gasteiger partial charge in [-0.15, -0.1) is 10.2 Å². The second-order valence-corrected chi connectivity index (χ2v) is 13.5. The summed E-state index contributed by atoms with van der Waals surface area (Å²) >= 11 is 0. The van der Waals surface area contributed by atoms with Crippen LogP contribution in [0, 0.1) is 6.92 Å². The Kier molecular flexibility index (Phi) is 8.90. The van der Waals surface area contributed by atoms with Gasteiger partial charge in [-0.25, -0.2) is 12.6 Å². The molecule has 4 aromatic carbocycles. The van der Waals surface area contributed by atoms with E-state index in [0.717, 1.165) is 17.7 Å². The number of benzene rings is 4. The van der Waals surface area contributed by atoms with Crippen molar-refractivity contribution in [2.45, 2.75) is 16.7 Å². The van der Waals surface area contributed by atoms with E-state index in [4.69, 9.17) is 10.3 Å². The maximum absolute atomic E-state index is 12.6. The third kappa shape index (κ3) is 7.74. The van der Waals surface area contributed by atoms with Crippen molar-refractivity contribution >= 4 is 69.6 Å². The van der Waals surface area contributed by atoms with Crippen LogP contribution in [0.3, 0.4) is 0 Å². The molecule has 0 amide bonds. The lowest BCUT2D eigenvalue weighted by molar-refractivity contribution is 0.284. The topological polar surface area (TPSA) is 248 Å². The van der Waals surface area contributed by atoms with Gasteiger partial charge >= 0.3 is 10.4 Å². The molecule has 0 fully saturated rings. The second-order valence-electron chi connectivity index (χ2n) is 8.95. The van der Waals surface area contributed by atoms with Gasteiger partial charge in [0.15, 0.2) is 15.6 Å². The first-order chi connectivity index (χ1) is 20.0. The number of azo groups is 2. The molecule has 0 unspecified atom stereocenters. The van der Waals surface area contributed by atoms with Gasteiger partial charge in [-0.05, 0) is 60.3 Å². The Morgan fingerprint density at radius 1 is 0.814 bits per heavy atom. The number of aryl methyl sites for hydroxylation is 1. The summed E-state index contributed by atoms with van der Waals surface area (Å²) in [6.07, 6.45) is 0. The predicted octanol–water partition coefficient (Wildman–Crippen LogP) is 5.11. The van der Waals surface area contributed by atoms with Crippen molar-refractivity contribution in [1.82, 2.24) is 0 Å². The Bertz CT molecular complexity index is 2120. The average molecular weight is 650 g/mol. The molecule has 0 radical (unpaired) electrons. The molecule has 4 rings (SSSR count). The monoisotopic (exact) mass is 649 g/mol. The minimum Gasteiger partial charge on any atom is -0.505 e. The van der Waals surface area contributed by atoms with Crippen LogP contribution in [0.15, 0.2) is 97.0 Å². The Labute approximate surface area is 246 Å². The maximum Gasteiger partial charge on any atom is 0.397 e. The van der Waals surface area contributed by atoms with E-state index < -0.39 is 59.0 Å². The molecule has 0 saturated heterocycles. The summed E-state index contributed by atoms with van der Waals surface area (Å²) < 4.78 is 93.5. The molecule has 0 atom stereocenters. The first-order valence-electron chi connectivity index (χ1n) is 12.0. The number of sulfone groups is 1. The SMILES string of the molecule is Cc1cccc(N=Nc2ccc3cc(S(=O)(=O)O)c(N=Nc4cccc(S(=O)(=O)CCOS(=O)(=O)O)c4)c(N)c3c2O)c1. The Hall–Kier alpha value is -4.33. The van der Waals surface area contributed by atoms with Crippen molar-refractivity contribution in [2.75, 3.05) is 18.1 Å². The number of nitrogens with two attached hydrogens (primary N) is 1. The summed E-state index contributed by atoms with van der Waals surface area (Å²) in [6.45, 7) is 1.02. The Morgan fingerprint density at radius 3 is 2.12 bits per heavy atom. The number of fused-ring (bicyclic) bond motifs is 1. The van der Waals surface area contributed by atoms with Crippen LogP contribution in [-0.2, 0) is 34.5 Å². The highest BCUT2D eigenvalue weighted by Crippen LogP contribution is 2.45. The number of nitrogen functional groups attached to an aromatic ring is 1. The lowest BCUT2D eigenvalue weighted by atomic mass is 10.1. The Balaban J connectivity index is 1.76. The smallest absolute Gasteiger partial charge is 0.397 e. The van der Waals surface area contributed by atoms with Crippen molar-refractivity contribution in [3.8, 4) is 5.75 Å². The highest BCUT2D eigenvalue weighted by Gasteiger charge is 2.23. The molecule has 15 nitrogen and oxygen atoms in total. The molecule has 0 aromatic heterocycles. The van der Waals surface area contributed by atoms with Crippen molar-refractivity contribution in [3.05, 3.63) is 72.3 Å². The van der Waals surface area contributed by atoms with E-state index in [0.29, 0.717) is 5.69 Å².